The number of guanidine groups is 1. The molecular weight excluding hydrogens is 433 g/mol. The first-order valence-electron chi connectivity index (χ1n) is 7.12. The van der Waals surface area contributed by atoms with Crippen LogP contribution in [-0.4, -0.2) is 74.4 Å². The predicted molar refractivity (Wildman–Crippen MR) is 100.0 cm³/mol. The van der Waals surface area contributed by atoms with Crippen molar-refractivity contribution >= 4 is 39.8 Å². The van der Waals surface area contributed by atoms with Crippen molar-refractivity contribution in [2.75, 3.05) is 45.3 Å². The second kappa shape index (κ2) is 8.83. The first-order chi connectivity index (χ1) is 10.4. The molecule has 0 spiro atoms. The summed E-state index contributed by atoms with van der Waals surface area (Å²) >= 11 is 0. The third-order valence-electron chi connectivity index (χ3n) is 3.43. The van der Waals surface area contributed by atoms with Crippen LogP contribution in [0, 0.1) is 0 Å². The quantitative estimate of drug-likeness (QED) is 0.390. The maximum absolute atomic E-state index is 11.2. The largest absolute Gasteiger partial charge is 0.370 e. The van der Waals surface area contributed by atoms with E-state index in [2.05, 4.69) is 20.3 Å². The normalized spacial score (nSPS) is 19.3. The van der Waals surface area contributed by atoms with Crippen LogP contribution in [0.3, 0.4) is 0 Å². The van der Waals surface area contributed by atoms with Crippen LogP contribution in [-0.2, 0) is 21.6 Å². The highest BCUT2D eigenvalue weighted by molar-refractivity contribution is 14.0. The van der Waals surface area contributed by atoms with Crippen LogP contribution < -0.4 is 5.32 Å². The van der Waals surface area contributed by atoms with E-state index in [1.807, 2.05) is 13.2 Å². The summed E-state index contributed by atoms with van der Waals surface area (Å²) in [4.78, 5) is 6.30. The van der Waals surface area contributed by atoms with Crippen LogP contribution in [0.5, 0.6) is 0 Å². The molecule has 0 amide bonds. The average molecular weight is 457 g/mol. The number of ether oxygens (including phenoxy) is 1. The Hall–Kier alpha value is -0.880. The van der Waals surface area contributed by atoms with Gasteiger partial charge in [-0.3, -0.25) is 9.67 Å². The lowest BCUT2D eigenvalue weighted by molar-refractivity contribution is -0.00798. The lowest BCUT2D eigenvalue weighted by atomic mass is 10.1. The van der Waals surface area contributed by atoms with Crippen LogP contribution in [0.4, 0.5) is 0 Å². The van der Waals surface area contributed by atoms with E-state index in [0.29, 0.717) is 25.7 Å². The highest BCUT2D eigenvalue weighted by Gasteiger charge is 2.25. The number of hydrogen-bond donors (Lipinski definition) is 1. The minimum atomic E-state index is -2.98. The molecule has 1 aliphatic rings. The van der Waals surface area contributed by atoms with Gasteiger partial charge in [-0.15, -0.1) is 24.0 Å². The van der Waals surface area contributed by atoms with Crippen molar-refractivity contribution in [1.29, 1.82) is 0 Å². The SMILES string of the molecule is CN=C(NCCS(C)(=O)=O)N1CCOC(c2cnn(C)c2)C1.I. The summed E-state index contributed by atoms with van der Waals surface area (Å²) < 4.78 is 29.9. The fraction of sp³-hybridized carbons (Fsp3) is 0.692. The number of aliphatic imine (C=N–C) groups is 1. The molecule has 1 aromatic rings. The molecule has 132 valence electrons. The Labute approximate surface area is 154 Å². The number of rotatable bonds is 4. The molecule has 0 aliphatic carbocycles. The number of nitrogens with one attached hydrogen (secondary N) is 1. The topological polar surface area (TPSA) is 88.8 Å². The van der Waals surface area contributed by atoms with Crippen LogP contribution in [0.2, 0.25) is 0 Å². The summed E-state index contributed by atoms with van der Waals surface area (Å²) in [5, 5.41) is 7.26. The predicted octanol–water partition coefficient (Wildman–Crippen LogP) is 0.0314. The van der Waals surface area contributed by atoms with Gasteiger partial charge in [-0.25, -0.2) is 8.42 Å². The van der Waals surface area contributed by atoms with Crippen molar-refractivity contribution in [2.45, 2.75) is 6.10 Å². The average Bonchev–Trinajstić information content (AvgIpc) is 2.89. The van der Waals surface area contributed by atoms with E-state index in [4.69, 9.17) is 4.74 Å². The molecule has 10 heteroatoms. The number of nitrogens with zero attached hydrogens (tertiary/aromatic N) is 4. The van der Waals surface area contributed by atoms with Crippen molar-refractivity contribution in [3.63, 3.8) is 0 Å². The third kappa shape index (κ3) is 6.26. The zero-order valence-corrected chi connectivity index (χ0v) is 16.7. The Morgan fingerprint density at radius 1 is 1.57 bits per heavy atom. The first kappa shape index (κ1) is 20.2. The van der Waals surface area contributed by atoms with Gasteiger partial charge in [-0.2, -0.15) is 5.10 Å². The van der Waals surface area contributed by atoms with Crippen LogP contribution >= 0.6 is 24.0 Å². The minimum absolute atomic E-state index is 0. The molecular formula is C13H24IN5O3S. The Morgan fingerprint density at radius 2 is 2.30 bits per heavy atom. The fourth-order valence-corrected chi connectivity index (χ4v) is 2.80. The summed E-state index contributed by atoms with van der Waals surface area (Å²) in [7, 11) is 0.581. The standard InChI is InChI=1S/C13H23N5O3S.HI/c1-14-13(15-4-7-22(3,19)20)18-5-6-21-12(10-18)11-8-16-17(2)9-11;/h8-9,12H,4-7,10H2,1-3H3,(H,14,15);1H. The van der Waals surface area contributed by atoms with E-state index in [1.165, 1.54) is 6.26 Å². The van der Waals surface area contributed by atoms with E-state index < -0.39 is 9.84 Å². The highest BCUT2D eigenvalue weighted by atomic mass is 127. The van der Waals surface area contributed by atoms with Crippen molar-refractivity contribution < 1.29 is 13.2 Å². The van der Waals surface area contributed by atoms with E-state index >= 15 is 0 Å². The molecule has 0 radical (unpaired) electrons. The molecule has 0 aromatic carbocycles. The molecule has 1 fully saturated rings. The van der Waals surface area contributed by atoms with Crippen LogP contribution in [0.15, 0.2) is 17.4 Å². The maximum Gasteiger partial charge on any atom is 0.193 e. The van der Waals surface area contributed by atoms with Gasteiger partial charge in [0.05, 0.1) is 25.1 Å². The molecule has 1 aliphatic heterocycles. The molecule has 1 unspecified atom stereocenters. The second-order valence-electron chi connectivity index (χ2n) is 5.36. The zero-order chi connectivity index (χ0) is 16.2. The van der Waals surface area contributed by atoms with Gasteiger partial charge >= 0.3 is 0 Å². The lowest BCUT2D eigenvalue weighted by Gasteiger charge is -2.34. The van der Waals surface area contributed by atoms with Gasteiger partial charge in [-0.05, 0) is 0 Å². The van der Waals surface area contributed by atoms with E-state index in [9.17, 15) is 8.42 Å². The second-order valence-corrected chi connectivity index (χ2v) is 7.62. The van der Waals surface area contributed by atoms with Gasteiger partial charge < -0.3 is 15.0 Å². The third-order valence-corrected chi connectivity index (χ3v) is 4.38. The smallest absolute Gasteiger partial charge is 0.193 e. The van der Waals surface area contributed by atoms with Gasteiger partial charge in [0.2, 0.25) is 0 Å². The van der Waals surface area contributed by atoms with Gasteiger partial charge in [0.25, 0.3) is 0 Å². The molecule has 8 nitrogen and oxygen atoms in total. The highest BCUT2D eigenvalue weighted by Crippen LogP contribution is 2.21. The van der Waals surface area contributed by atoms with Crippen molar-refractivity contribution in [3.8, 4) is 0 Å². The van der Waals surface area contributed by atoms with Gasteiger partial charge in [0.15, 0.2) is 5.96 Å². The van der Waals surface area contributed by atoms with Gasteiger partial charge in [-0.1, -0.05) is 0 Å². The summed E-state index contributed by atoms with van der Waals surface area (Å²) in [6, 6.07) is 0. The number of halogens is 1. The Bertz CT molecular complexity index is 631. The molecule has 0 bridgehead atoms. The molecule has 2 rings (SSSR count). The van der Waals surface area contributed by atoms with Gasteiger partial charge in [0.1, 0.15) is 15.9 Å². The molecule has 2 heterocycles. The summed E-state index contributed by atoms with van der Waals surface area (Å²) in [6.45, 7) is 2.31. The molecule has 1 N–H and O–H groups in total. The zero-order valence-electron chi connectivity index (χ0n) is 13.6. The van der Waals surface area contributed by atoms with Crippen molar-refractivity contribution in [2.24, 2.45) is 12.0 Å². The van der Waals surface area contributed by atoms with E-state index in [1.54, 1.807) is 17.9 Å². The Kier molecular flexibility index (Phi) is 7.74. The fourth-order valence-electron chi connectivity index (χ4n) is 2.33. The summed E-state index contributed by atoms with van der Waals surface area (Å²) in [6.07, 6.45) is 4.91. The van der Waals surface area contributed by atoms with Crippen LogP contribution in [0.1, 0.15) is 11.7 Å². The Balaban J connectivity index is 0.00000264. The van der Waals surface area contributed by atoms with Crippen LogP contribution in [0.25, 0.3) is 0 Å². The van der Waals surface area contributed by atoms with Crippen molar-refractivity contribution in [1.82, 2.24) is 20.0 Å². The maximum atomic E-state index is 11.2. The van der Waals surface area contributed by atoms with E-state index in [0.717, 1.165) is 12.1 Å². The number of aromatic nitrogens is 2. The number of aryl methyl sites for hydroxylation is 1. The first-order valence-corrected chi connectivity index (χ1v) is 9.18. The minimum Gasteiger partial charge on any atom is -0.370 e. The number of morpholine rings is 1. The van der Waals surface area contributed by atoms with Crippen molar-refractivity contribution in [3.05, 3.63) is 18.0 Å². The Morgan fingerprint density at radius 3 is 2.87 bits per heavy atom. The van der Waals surface area contributed by atoms with Gasteiger partial charge in [0, 0.05) is 45.2 Å². The lowest BCUT2D eigenvalue weighted by Crippen LogP contribution is -2.48. The van der Waals surface area contributed by atoms with E-state index in [-0.39, 0.29) is 35.8 Å². The number of hydrogen-bond acceptors (Lipinski definition) is 5. The monoisotopic (exact) mass is 457 g/mol. The molecule has 1 aromatic heterocycles. The summed E-state index contributed by atoms with van der Waals surface area (Å²) in [5.41, 5.74) is 1.03. The molecule has 1 atom stereocenters. The summed E-state index contributed by atoms with van der Waals surface area (Å²) in [5.74, 6) is 0.781. The molecule has 23 heavy (non-hydrogen) atoms. The molecule has 1 saturated heterocycles. The molecule has 0 saturated carbocycles. The number of sulfone groups is 1.